The predicted molar refractivity (Wildman–Crippen MR) is 84.9 cm³/mol. The Balaban J connectivity index is 2.10. The first-order chi connectivity index (χ1) is 10.0. The zero-order valence-electron chi connectivity index (χ0n) is 10.6. The zero-order chi connectivity index (χ0) is 15.0. The number of halogens is 2. The lowest BCUT2D eigenvalue weighted by atomic mass is 10.1. The van der Waals surface area contributed by atoms with E-state index in [1.165, 1.54) is 10.8 Å². The predicted octanol–water partition coefficient (Wildman–Crippen LogP) is 2.55. The van der Waals surface area contributed by atoms with Gasteiger partial charge in [-0.25, -0.2) is 9.78 Å². The number of hydrogen-bond donors (Lipinski definition) is 1. The summed E-state index contributed by atoms with van der Waals surface area (Å²) in [6.45, 7) is 0.227. The van der Waals surface area contributed by atoms with Crippen LogP contribution in [0.5, 0.6) is 0 Å². The molecule has 3 rings (SSSR count). The second-order valence-electron chi connectivity index (χ2n) is 4.50. The number of para-hydroxylation sites is 1. The first-order valence-electron chi connectivity index (χ1n) is 6.08. The maximum atomic E-state index is 11.8. The fourth-order valence-corrected chi connectivity index (χ4v) is 2.58. The van der Waals surface area contributed by atoms with Gasteiger partial charge in [0.25, 0.3) is 5.56 Å². The van der Waals surface area contributed by atoms with Gasteiger partial charge in [-0.05, 0) is 28.1 Å². The number of pyridine rings is 1. The molecule has 2 aromatic heterocycles. The number of nitrogens with zero attached hydrogens (tertiary/aromatic N) is 2. The summed E-state index contributed by atoms with van der Waals surface area (Å²) in [6, 6.07) is 9.47. The van der Waals surface area contributed by atoms with E-state index in [4.69, 9.17) is 11.6 Å². The van der Waals surface area contributed by atoms with Gasteiger partial charge in [0, 0.05) is 17.1 Å². The highest BCUT2D eigenvalue weighted by Crippen LogP contribution is 2.21. The monoisotopic (exact) mass is 365 g/mol. The Morgan fingerprint density at radius 2 is 2.05 bits per heavy atom. The molecule has 0 saturated carbocycles. The second-order valence-corrected chi connectivity index (χ2v) is 5.71. The standard InChI is InChI=1S/C14H9BrClN3O2/c15-10-7-19(14(21)18-13(10)20)6-9-5-8-3-1-2-4-11(8)17-12(9)16/h1-5,7H,6H2,(H,18,20,21). The Kier molecular flexibility index (Phi) is 3.65. The van der Waals surface area contributed by atoms with Gasteiger partial charge in [0.2, 0.25) is 0 Å². The van der Waals surface area contributed by atoms with Gasteiger partial charge < -0.3 is 0 Å². The van der Waals surface area contributed by atoms with E-state index < -0.39 is 11.2 Å². The molecule has 7 heteroatoms. The number of aromatic amines is 1. The maximum absolute atomic E-state index is 11.8. The number of rotatable bonds is 2. The highest BCUT2D eigenvalue weighted by atomic mass is 79.9. The van der Waals surface area contributed by atoms with Crippen molar-refractivity contribution in [2.75, 3.05) is 0 Å². The van der Waals surface area contributed by atoms with Crippen LogP contribution in [-0.4, -0.2) is 14.5 Å². The van der Waals surface area contributed by atoms with Gasteiger partial charge in [-0.3, -0.25) is 14.3 Å². The Bertz CT molecular complexity index is 949. The lowest BCUT2D eigenvalue weighted by Crippen LogP contribution is -2.30. The van der Waals surface area contributed by atoms with Crippen LogP contribution in [0.4, 0.5) is 0 Å². The first kappa shape index (κ1) is 14.0. The minimum absolute atomic E-state index is 0.227. The molecule has 0 aliphatic rings. The molecule has 0 fully saturated rings. The number of benzene rings is 1. The Hall–Kier alpha value is -1.92. The van der Waals surface area contributed by atoms with Crippen LogP contribution in [0, 0.1) is 0 Å². The topological polar surface area (TPSA) is 67.8 Å². The van der Waals surface area contributed by atoms with Crippen molar-refractivity contribution < 1.29 is 0 Å². The maximum Gasteiger partial charge on any atom is 0.328 e. The van der Waals surface area contributed by atoms with Crippen molar-refractivity contribution in [1.29, 1.82) is 0 Å². The Morgan fingerprint density at radius 1 is 1.29 bits per heavy atom. The molecule has 1 N–H and O–H groups in total. The minimum atomic E-state index is -0.493. The van der Waals surface area contributed by atoms with E-state index in [-0.39, 0.29) is 11.0 Å². The summed E-state index contributed by atoms with van der Waals surface area (Å²) in [7, 11) is 0. The summed E-state index contributed by atoms with van der Waals surface area (Å²) < 4.78 is 1.65. The SMILES string of the molecule is O=c1[nH]c(=O)n(Cc2cc3ccccc3nc2Cl)cc1Br. The quantitative estimate of drug-likeness (QED) is 0.709. The fraction of sp³-hybridized carbons (Fsp3) is 0.0714. The first-order valence-corrected chi connectivity index (χ1v) is 7.25. The van der Waals surface area contributed by atoms with Crippen molar-refractivity contribution in [2.45, 2.75) is 6.54 Å². The normalized spacial score (nSPS) is 11.0. The van der Waals surface area contributed by atoms with Crippen LogP contribution in [0.1, 0.15) is 5.56 Å². The van der Waals surface area contributed by atoms with Crippen molar-refractivity contribution in [2.24, 2.45) is 0 Å². The van der Waals surface area contributed by atoms with Crippen molar-refractivity contribution in [1.82, 2.24) is 14.5 Å². The molecule has 0 aliphatic heterocycles. The van der Waals surface area contributed by atoms with Crippen LogP contribution in [0.15, 0.2) is 50.6 Å². The number of nitrogens with one attached hydrogen (secondary N) is 1. The van der Waals surface area contributed by atoms with E-state index in [1.54, 1.807) is 0 Å². The molecule has 0 atom stereocenters. The van der Waals surface area contributed by atoms with Crippen molar-refractivity contribution in [3.63, 3.8) is 0 Å². The lowest BCUT2D eigenvalue weighted by molar-refractivity contribution is 0.715. The summed E-state index contributed by atoms with van der Waals surface area (Å²) in [4.78, 5) is 29.7. The van der Waals surface area contributed by atoms with Crippen LogP contribution in [0.25, 0.3) is 10.9 Å². The fourth-order valence-electron chi connectivity index (χ4n) is 2.03. The molecule has 0 bridgehead atoms. The molecule has 5 nitrogen and oxygen atoms in total. The lowest BCUT2D eigenvalue weighted by Gasteiger charge is -2.08. The third kappa shape index (κ3) is 2.77. The second kappa shape index (κ2) is 5.46. The van der Waals surface area contributed by atoms with Gasteiger partial charge in [-0.15, -0.1) is 0 Å². The molecule has 0 radical (unpaired) electrons. The smallest absolute Gasteiger partial charge is 0.295 e. The van der Waals surface area contributed by atoms with Gasteiger partial charge in [0.1, 0.15) is 5.15 Å². The molecule has 3 aromatic rings. The Labute approximate surface area is 132 Å². The van der Waals surface area contributed by atoms with E-state index in [1.807, 2.05) is 30.3 Å². The summed E-state index contributed by atoms with van der Waals surface area (Å²) in [5, 5.41) is 1.27. The molecular weight excluding hydrogens is 358 g/mol. The minimum Gasteiger partial charge on any atom is -0.295 e. The number of fused-ring (bicyclic) bond motifs is 1. The Morgan fingerprint density at radius 3 is 2.86 bits per heavy atom. The van der Waals surface area contributed by atoms with Gasteiger partial charge in [0.15, 0.2) is 0 Å². The third-order valence-electron chi connectivity index (χ3n) is 3.06. The highest BCUT2D eigenvalue weighted by Gasteiger charge is 2.08. The van der Waals surface area contributed by atoms with E-state index in [0.29, 0.717) is 10.7 Å². The summed E-state index contributed by atoms with van der Waals surface area (Å²) in [5.41, 5.74) is 0.545. The van der Waals surface area contributed by atoms with Crippen LogP contribution >= 0.6 is 27.5 Å². The molecule has 1 aromatic carbocycles. The number of H-pyrrole nitrogens is 1. The van der Waals surface area contributed by atoms with E-state index in [9.17, 15) is 9.59 Å². The molecule has 2 heterocycles. The molecule has 0 aliphatic carbocycles. The van der Waals surface area contributed by atoms with E-state index in [2.05, 4.69) is 25.9 Å². The molecule has 0 saturated heterocycles. The van der Waals surface area contributed by atoms with Crippen molar-refractivity contribution in [3.05, 3.63) is 72.6 Å². The van der Waals surface area contributed by atoms with E-state index in [0.717, 1.165) is 10.9 Å². The summed E-state index contributed by atoms with van der Waals surface area (Å²) >= 11 is 9.27. The summed E-state index contributed by atoms with van der Waals surface area (Å²) in [6.07, 6.45) is 1.44. The van der Waals surface area contributed by atoms with Crippen LogP contribution in [-0.2, 0) is 6.54 Å². The van der Waals surface area contributed by atoms with Gasteiger partial charge in [0.05, 0.1) is 16.5 Å². The number of aromatic nitrogens is 3. The van der Waals surface area contributed by atoms with Crippen LogP contribution < -0.4 is 11.2 Å². The van der Waals surface area contributed by atoms with Crippen molar-refractivity contribution >= 4 is 38.4 Å². The largest absolute Gasteiger partial charge is 0.328 e. The van der Waals surface area contributed by atoms with Crippen LogP contribution in [0.3, 0.4) is 0 Å². The number of hydrogen-bond acceptors (Lipinski definition) is 3. The molecule has 21 heavy (non-hydrogen) atoms. The van der Waals surface area contributed by atoms with Gasteiger partial charge in [-0.2, -0.15) is 0 Å². The third-order valence-corrected chi connectivity index (χ3v) is 3.95. The zero-order valence-corrected chi connectivity index (χ0v) is 13.0. The molecule has 0 amide bonds. The highest BCUT2D eigenvalue weighted by molar-refractivity contribution is 9.10. The molecular formula is C14H9BrClN3O2. The van der Waals surface area contributed by atoms with Gasteiger partial charge >= 0.3 is 5.69 Å². The summed E-state index contributed by atoms with van der Waals surface area (Å²) in [5.74, 6) is 0. The van der Waals surface area contributed by atoms with Crippen molar-refractivity contribution in [3.8, 4) is 0 Å². The van der Waals surface area contributed by atoms with Gasteiger partial charge in [-0.1, -0.05) is 29.8 Å². The molecule has 0 spiro atoms. The van der Waals surface area contributed by atoms with E-state index >= 15 is 0 Å². The van der Waals surface area contributed by atoms with Crippen LogP contribution in [0.2, 0.25) is 5.15 Å². The average molecular weight is 367 g/mol. The average Bonchev–Trinajstić information content (AvgIpc) is 2.45. The molecule has 0 unspecified atom stereocenters. The molecule has 106 valence electrons.